The van der Waals surface area contributed by atoms with Crippen LogP contribution in [0.1, 0.15) is 47.9 Å². The average molecular weight is 571 g/mol. The molecule has 0 aliphatic carbocycles. The van der Waals surface area contributed by atoms with Gasteiger partial charge in [0.15, 0.2) is 0 Å². The number of nitrogens with one attached hydrogen (secondary N) is 1. The Morgan fingerprint density at radius 1 is 1.18 bits per heavy atom. The predicted molar refractivity (Wildman–Crippen MR) is 140 cm³/mol. The molecule has 4 rings (SSSR count). The van der Waals surface area contributed by atoms with Crippen LogP contribution < -0.4 is 26.6 Å². The van der Waals surface area contributed by atoms with Crippen molar-refractivity contribution in [3.8, 4) is 0 Å². The molecule has 0 spiro atoms. The lowest BCUT2D eigenvalue weighted by Gasteiger charge is -2.31. The SMILES string of the molecule is Cc1ccc(S(=O)(=O)/N=c2\o[n-][n+](C(C)C)c2CN2CCOC(CC(=O)Nc3ccc(C(N)=O)cc3)C2=O)cc1. The first-order chi connectivity index (χ1) is 18.9. The van der Waals surface area contributed by atoms with Crippen molar-refractivity contribution in [2.24, 2.45) is 10.1 Å². The van der Waals surface area contributed by atoms with E-state index in [4.69, 9.17) is 15.0 Å². The zero-order valence-corrected chi connectivity index (χ0v) is 23.1. The molecule has 40 heavy (non-hydrogen) atoms. The lowest BCUT2D eigenvalue weighted by molar-refractivity contribution is -0.790. The molecule has 0 saturated carbocycles. The van der Waals surface area contributed by atoms with Gasteiger partial charge >= 0.3 is 0 Å². The molecular formula is C26H30N6O7S. The van der Waals surface area contributed by atoms with Crippen LogP contribution in [0.4, 0.5) is 5.69 Å². The van der Waals surface area contributed by atoms with Crippen molar-refractivity contribution in [3.05, 3.63) is 70.9 Å². The van der Waals surface area contributed by atoms with Gasteiger partial charge in [0.1, 0.15) is 18.7 Å². The molecule has 0 bridgehead atoms. The van der Waals surface area contributed by atoms with E-state index >= 15 is 0 Å². The third-order valence-corrected chi connectivity index (χ3v) is 7.46. The Balaban J connectivity index is 1.52. The number of rotatable bonds is 9. The number of aromatic nitrogens is 2. The van der Waals surface area contributed by atoms with Crippen LogP contribution in [-0.2, 0) is 30.9 Å². The summed E-state index contributed by atoms with van der Waals surface area (Å²) in [6.45, 7) is 5.81. The first kappa shape index (κ1) is 28.7. The number of hydrogen-bond donors (Lipinski definition) is 2. The second-order valence-electron chi connectivity index (χ2n) is 9.56. The monoisotopic (exact) mass is 570 g/mol. The van der Waals surface area contributed by atoms with Crippen LogP contribution in [-0.4, -0.2) is 50.3 Å². The summed E-state index contributed by atoms with van der Waals surface area (Å²) < 4.78 is 42.1. The van der Waals surface area contributed by atoms with Gasteiger partial charge in [-0.05, 0) is 57.2 Å². The van der Waals surface area contributed by atoms with E-state index in [0.717, 1.165) is 5.56 Å². The molecule has 14 heteroatoms. The molecule has 3 aromatic rings. The second kappa shape index (κ2) is 11.8. The minimum atomic E-state index is -4.11. The number of carbonyl (C=O) groups excluding carboxylic acids is 3. The number of amides is 3. The van der Waals surface area contributed by atoms with Crippen LogP contribution in [0.2, 0.25) is 0 Å². The Morgan fingerprint density at radius 2 is 1.85 bits per heavy atom. The number of hydrogen-bond acceptors (Lipinski definition) is 7. The molecule has 1 unspecified atom stereocenters. The van der Waals surface area contributed by atoms with Gasteiger partial charge in [-0.2, -0.15) is 8.42 Å². The molecule has 1 aliphatic heterocycles. The summed E-state index contributed by atoms with van der Waals surface area (Å²) in [4.78, 5) is 38.5. The lowest BCUT2D eigenvalue weighted by atomic mass is 10.1. The van der Waals surface area contributed by atoms with Gasteiger partial charge in [0.05, 0.1) is 17.9 Å². The smallest absolute Gasteiger partial charge is 0.289 e. The fourth-order valence-corrected chi connectivity index (χ4v) is 4.99. The number of nitrogens with zero attached hydrogens (tertiary/aromatic N) is 4. The highest BCUT2D eigenvalue weighted by Gasteiger charge is 2.34. The van der Waals surface area contributed by atoms with Gasteiger partial charge in [-0.25, -0.2) is 4.68 Å². The zero-order chi connectivity index (χ0) is 29.0. The maximum atomic E-state index is 13.3. The van der Waals surface area contributed by atoms with Gasteiger partial charge in [-0.1, -0.05) is 17.7 Å². The molecule has 1 atom stereocenters. The van der Waals surface area contributed by atoms with Crippen molar-refractivity contribution in [3.63, 3.8) is 0 Å². The fourth-order valence-electron chi connectivity index (χ4n) is 4.04. The summed E-state index contributed by atoms with van der Waals surface area (Å²) in [6, 6.07) is 12.0. The lowest BCUT2D eigenvalue weighted by Crippen LogP contribution is -2.52. The quantitative estimate of drug-likeness (QED) is 0.350. The van der Waals surface area contributed by atoms with Crippen molar-refractivity contribution >= 4 is 33.4 Å². The van der Waals surface area contributed by atoms with Gasteiger partial charge in [0.25, 0.3) is 27.2 Å². The van der Waals surface area contributed by atoms with Gasteiger partial charge in [-0.15, -0.1) is 4.40 Å². The van der Waals surface area contributed by atoms with Crippen molar-refractivity contribution < 1.29 is 36.7 Å². The van der Waals surface area contributed by atoms with Crippen molar-refractivity contribution in [2.75, 3.05) is 18.5 Å². The first-order valence-electron chi connectivity index (χ1n) is 12.5. The van der Waals surface area contributed by atoms with Gasteiger partial charge < -0.3 is 25.2 Å². The van der Waals surface area contributed by atoms with E-state index in [-0.39, 0.29) is 42.6 Å². The van der Waals surface area contributed by atoms with E-state index in [1.807, 2.05) is 20.8 Å². The summed E-state index contributed by atoms with van der Waals surface area (Å²) in [5.74, 6) is -1.50. The summed E-state index contributed by atoms with van der Waals surface area (Å²) >= 11 is 0. The summed E-state index contributed by atoms with van der Waals surface area (Å²) in [5, 5.41) is 6.61. The molecule has 1 aliphatic rings. The Hall–Kier alpha value is -4.30. The number of sulfonamides is 1. The number of aryl methyl sites for hydroxylation is 1. The predicted octanol–water partition coefficient (Wildman–Crippen LogP) is 0.558. The second-order valence-corrected chi connectivity index (χ2v) is 11.2. The number of nitrogens with two attached hydrogens (primary N) is 1. The molecule has 0 radical (unpaired) electrons. The maximum Gasteiger partial charge on any atom is 0.289 e. The van der Waals surface area contributed by atoms with Gasteiger partial charge in [-0.3, -0.25) is 19.7 Å². The molecule has 212 valence electrons. The Kier molecular flexibility index (Phi) is 8.49. The van der Waals surface area contributed by atoms with E-state index in [2.05, 4.69) is 15.0 Å². The largest absolute Gasteiger partial charge is 0.486 e. The fraction of sp³-hybridized carbons (Fsp3) is 0.346. The van der Waals surface area contributed by atoms with Crippen molar-refractivity contribution in [1.29, 1.82) is 0 Å². The van der Waals surface area contributed by atoms with Gasteiger partial charge in [0, 0.05) is 17.8 Å². The topological polar surface area (TPSA) is 179 Å². The number of carbonyl (C=O) groups is 3. The van der Waals surface area contributed by atoms with Crippen LogP contribution in [0, 0.1) is 6.92 Å². The maximum absolute atomic E-state index is 13.3. The highest BCUT2D eigenvalue weighted by Crippen LogP contribution is 2.16. The molecular weight excluding hydrogens is 540 g/mol. The number of anilines is 1. The van der Waals surface area contributed by atoms with Crippen molar-refractivity contribution in [2.45, 2.75) is 50.8 Å². The van der Waals surface area contributed by atoms with Crippen LogP contribution >= 0.6 is 0 Å². The van der Waals surface area contributed by atoms with E-state index in [9.17, 15) is 22.8 Å². The minimum Gasteiger partial charge on any atom is -0.486 e. The highest BCUT2D eigenvalue weighted by molar-refractivity contribution is 7.90. The normalized spacial score (nSPS) is 16.4. The van der Waals surface area contributed by atoms with E-state index in [1.54, 1.807) is 12.1 Å². The Bertz CT molecular complexity index is 1570. The molecule has 3 amide bonds. The van der Waals surface area contributed by atoms with Crippen LogP contribution in [0.5, 0.6) is 0 Å². The molecule has 3 N–H and O–H groups in total. The van der Waals surface area contributed by atoms with Gasteiger partial charge in [0.2, 0.25) is 11.8 Å². The highest BCUT2D eigenvalue weighted by atomic mass is 32.2. The van der Waals surface area contributed by atoms with Crippen LogP contribution in [0.3, 0.4) is 0 Å². The summed E-state index contributed by atoms with van der Waals surface area (Å²) in [5.41, 5.74) is 6.91. The average Bonchev–Trinajstić information content (AvgIpc) is 3.28. The van der Waals surface area contributed by atoms with E-state index < -0.39 is 33.8 Å². The van der Waals surface area contributed by atoms with Crippen LogP contribution in [0.15, 0.2) is 62.3 Å². The molecule has 2 aromatic carbocycles. The third kappa shape index (κ3) is 6.63. The standard InChI is InChI=1S/C26H30N6O7S/c1-16(2)32-21(25(39-30-32)29-40(36,37)20-10-4-17(3)5-11-20)15-31-12-13-38-22(26(31)35)14-23(33)28-19-8-6-18(7-9-19)24(27)34/h4-11,16,22H,12-15H2,1-3H3,(H2,27,34)(H,28,33)/b29-25-. The first-order valence-corrected chi connectivity index (χ1v) is 13.9. The van der Waals surface area contributed by atoms with Crippen molar-refractivity contribution in [1.82, 2.24) is 10.2 Å². The number of morpholine rings is 1. The number of ether oxygens (including phenoxy) is 1. The van der Waals surface area contributed by atoms with E-state index in [0.29, 0.717) is 16.9 Å². The number of benzene rings is 2. The molecule has 1 aromatic heterocycles. The minimum absolute atomic E-state index is 0.00524. The molecule has 13 nitrogen and oxygen atoms in total. The Labute approximate surface area is 230 Å². The third-order valence-electron chi connectivity index (χ3n) is 6.18. The number of primary amides is 1. The molecule has 2 heterocycles. The summed E-state index contributed by atoms with van der Waals surface area (Å²) in [6.07, 6.45) is -1.30. The zero-order valence-electron chi connectivity index (χ0n) is 22.2. The van der Waals surface area contributed by atoms with E-state index in [1.165, 1.54) is 46.0 Å². The summed E-state index contributed by atoms with van der Waals surface area (Å²) in [7, 11) is -4.11. The Morgan fingerprint density at radius 3 is 2.48 bits per heavy atom. The van der Waals surface area contributed by atoms with Crippen LogP contribution in [0.25, 0.3) is 0 Å². The molecule has 1 fully saturated rings. The molecule has 1 saturated heterocycles.